The Morgan fingerprint density at radius 1 is 0.514 bits per heavy atom. The molecule has 2 aliphatic carbocycles. The molecule has 0 bridgehead atoms. The van der Waals surface area contributed by atoms with E-state index in [1.165, 1.54) is 11.1 Å². The molecule has 2 aliphatic rings. The van der Waals surface area contributed by atoms with Gasteiger partial charge in [-0.1, -0.05) is 60.7 Å². The molecule has 4 N–H and O–H groups in total. The fraction of sp³-hybridized carbons (Fsp3) is 0.226. The van der Waals surface area contributed by atoms with E-state index in [4.69, 9.17) is 0 Å². The van der Waals surface area contributed by atoms with Crippen molar-refractivity contribution in [3.05, 3.63) is 118 Å². The normalized spacial score (nSPS) is 23.0. The van der Waals surface area contributed by atoms with E-state index in [0.29, 0.717) is 0 Å². The monoisotopic (exact) mass is 464 g/mol. The molecule has 35 heavy (non-hydrogen) atoms. The van der Waals surface area contributed by atoms with Gasteiger partial charge >= 0.3 is 0 Å². The maximum absolute atomic E-state index is 10.6. The molecule has 0 saturated heterocycles. The van der Waals surface area contributed by atoms with Crippen LogP contribution in [0.3, 0.4) is 0 Å². The number of benzene rings is 4. The van der Waals surface area contributed by atoms with Crippen LogP contribution in [0.4, 0.5) is 0 Å². The first-order valence-corrected chi connectivity index (χ1v) is 12.2. The summed E-state index contributed by atoms with van der Waals surface area (Å²) < 4.78 is 0. The molecule has 0 aliphatic heterocycles. The highest BCUT2D eigenvalue weighted by atomic mass is 16.3. The summed E-state index contributed by atoms with van der Waals surface area (Å²) in [6.07, 6.45) is 3.42. The second-order valence-electron chi connectivity index (χ2n) is 9.94. The minimum atomic E-state index is -0.433. The first kappa shape index (κ1) is 21.6. The zero-order valence-corrected chi connectivity index (χ0v) is 19.4. The summed E-state index contributed by atoms with van der Waals surface area (Å²) in [5.74, 6) is -0.297. The molecule has 2 atom stereocenters. The van der Waals surface area contributed by atoms with Crippen molar-refractivity contribution >= 4 is 0 Å². The Balaban J connectivity index is 1.58. The van der Waals surface area contributed by atoms with Gasteiger partial charge in [0.25, 0.3) is 0 Å². The van der Waals surface area contributed by atoms with Gasteiger partial charge in [-0.25, -0.2) is 0 Å². The summed E-state index contributed by atoms with van der Waals surface area (Å²) in [4.78, 5) is 0. The van der Waals surface area contributed by atoms with Crippen molar-refractivity contribution in [1.82, 2.24) is 0 Å². The van der Waals surface area contributed by atoms with E-state index in [1.807, 2.05) is 36.4 Å². The maximum Gasteiger partial charge on any atom is 0.157 e. The van der Waals surface area contributed by atoms with Crippen LogP contribution in [0.25, 0.3) is 0 Å². The molecular formula is C31H28O4. The molecule has 0 fully saturated rings. The van der Waals surface area contributed by atoms with E-state index >= 15 is 0 Å². The number of phenolic OH excluding ortho intramolecular Hbond substituents is 4. The predicted octanol–water partition coefficient (Wildman–Crippen LogP) is 6.65. The Bertz CT molecular complexity index is 1290. The Morgan fingerprint density at radius 2 is 0.886 bits per heavy atom. The molecule has 0 heterocycles. The van der Waals surface area contributed by atoms with Crippen molar-refractivity contribution in [2.75, 3.05) is 0 Å². The summed E-state index contributed by atoms with van der Waals surface area (Å²) in [5.41, 5.74) is 5.93. The molecular weight excluding hydrogens is 436 g/mol. The van der Waals surface area contributed by atoms with Crippen molar-refractivity contribution in [3.63, 3.8) is 0 Å². The van der Waals surface area contributed by atoms with Gasteiger partial charge in [0.05, 0.1) is 0 Å². The maximum atomic E-state index is 10.6. The van der Waals surface area contributed by atoms with Gasteiger partial charge in [-0.3, -0.25) is 0 Å². The highest BCUT2D eigenvalue weighted by Gasteiger charge is 2.47. The first-order valence-electron chi connectivity index (χ1n) is 12.2. The summed E-state index contributed by atoms with van der Waals surface area (Å²) in [5, 5.41) is 42.1. The van der Waals surface area contributed by atoms with E-state index in [2.05, 4.69) is 24.3 Å². The summed E-state index contributed by atoms with van der Waals surface area (Å²) in [6.45, 7) is 0. The smallest absolute Gasteiger partial charge is 0.157 e. The third-order valence-corrected chi connectivity index (χ3v) is 8.20. The molecule has 4 aromatic rings. The van der Waals surface area contributed by atoms with Crippen LogP contribution < -0.4 is 0 Å². The molecule has 4 aromatic carbocycles. The molecule has 176 valence electrons. The van der Waals surface area contributed by atoms with Crippen LogP contribution >= 0.6 is 0 Å². The molecule has 0 saturated carbocycles. The molecule has 4 nitrogen and oxygen atoms in total. The Labute approximate surface area is 204 Å². The van der Waals surface area contributed by atoms with Gasteiger partial charge in [0, 0.05) is 17.3 Å². The van der Waals surface area contributed by atoms with E-state index in [-0.39, 0.29) is 34.8 Å². The van der Waals surface area contributed by atoms with E-state index < -0.39 is 5.41 Å². The van der Waals surface area contributed by atoms with Crippen LogP contribution in [0.5, 0.6) is 23.0 Å². The average Bonchev–Trinajstić information content (AvgIpc) is 2.88. The largest absolute Gasteiger partial charge is 0.504 e. The molecule has 0 aromatic heterocycles. The number of hydrogen-bond donors (Lipinski definition) is 4. The molecule has 2 unspecified atom stereocenters. The van der Waals surface area contributed by atoms with Gasteiger partial charge < -0.3 is 20.4 Å². The Morgan fingerprint density at radius 3 is 1.29 bits per heavy atom. The lowest BCUT2D eigenvalue weighted by atomic mass is 9.55. The molecule has 6 rings (SSSR count). The topological polar surface area (TPSA) is 80.9 Å². The number of fused-ring (bicyclic) bond motifs is 4. The lowest BCUT2D eigenvalue weighted by Gasteiger charge is -2.48. The number of phenols is 4. The van der Waals surface area contributed by atoms with Gasteiger partial charge in [-0.05, 0) is 83.3 Å². The molecule has 0 amide bonds. The van der Waals surface area contributed by atoms with Crippen LogP contribution in [-0.4, -0.2) is 20.4 Å². The van der Waals surface area contributed by atoms with Crippen LogP contribution in [0.15, 0.2) is 84.9 Å². The first-order chi connectivity index (χ1) is 17.0. The zero-order valence-electron chi connectivity index (χ0n) is 19.4. The van der Waals surface area contributed by atoms with Crippen molar-refractivity contribution in [2.45, 2.75) is 42.9 Å². The Hall–Kier alpha value is -3.92. The lowest BCUT2D eigenvalue weighted by Crippen LogP contribution is -2.38. The summed E-state index contributed by atoms with van der Waals surface area (Å²) in [6, 6.07) is 27.4. The second kappa shape index (κ2) is 8.09. The fourth-order valence-corrected chi connectivity index (χ4v) is 6.56. The SMILES string of the molecule is Oc1cc2c(cc1O)C1(CCC2c2ccccc2)CCC(c2ccccc2)c2cc(O)c(O)cc21. The van der Waals surface area contributed by atoms with Gasteiger partial charge in [0.2, 0.25) is 0 Å². The van der Waals surface area contributed by atoms with E-state index in [1.54, 1.807) is 24.3 Å². The van der Waals surface area contributed by atoms with Crippen molar-refractivity contribution in [1.29, 1.82) is 0 Å². The average molecular weight is 465 g/mol. The number of aromatic hydroxyl groups is 4. The molecule has 0 radical (unpaired) electrons. The minimum absolute atomic E-state index is 0.101. The number of rotatable bonds is 2. The third kappa shape index (κ3) is 3.35. The van der Waals surface area contributed by atoms with Crippen molar-refractivity contribution in [3.8, 4) is 23.0 Å². The van der Waals surface area contributed by atoms with Crippen LogP contribution in [0.1, 0.15) is 70.9 Å². The standard InChI is InChI=1S/C31H28O4/c32-27-15-23-21(19-7-3-1-4-8-19)11-13-31(25(23)17-29(27)34)14-12-22(20-9-5-2-6-10-20)24-16-28(33)30(35)18-26(24)31/h1-10,15-18,21-22,32-35H,11-14H2. The van der Waals surface area contributed by atoms with Gasteiger partial charge in [-0.2, -0.15) is 0 Å². The zero-order chi connectivity index (χ0) is 24.2. The van der Waals surface area contributed by atoms with E-state index in [0.717, 1.165) is 47.9 Å². The summed E-state index contributed by atoms with van der Waals surface area (Å²) >= 11 is 0. The Kier molecular flexibility index (Phi) is 4.99. The molecule has 4 heteroatoms. The highest BCUT2D eigenvalue weighted by Crippen LogP contribution is 2.59. The van der Waals surface area contributed by atoms with Gasteiger partial charge in [0.15, 0.2) is 23.0 Å². The highest BCUT2D eigenvalue weighted by molar-refractivity contribution is 5.62. The molecule has 1 spiro atoms. The van der Waals surface area contributed by atoms with Gasteiger partial charge in [-0.15, -0.1) is 0 Å². The minimum Gasteiger partial charge on any atom is -0.504 e. The fourth-order valence-electron chi connectivity index (χ4n) is 6.56. The second-order valence-corrected chi connectivity index (χ2v) is 9.94. The van der Waals surface area contributed by atoms with Crippen LogP contribution in [0, 0.1) is 0 Å². The predicted molar refractivity (Wildman–Crippen MR) is 135 cm³/mol. The lowest BCUT2D eigenvalue weighted by molar-refractivity contribution is 0.332. The summed E-state index contributed by atoms with van der Waals surface area (Å²) in [7, 11) is 0. The van der Waals surface area contributed by atoms with E-state index in [9.17, 15) is 20.4 Å². The quantitative estimate of drug-likeness (QED) is 0.251. The van der Waals surface area contributed by atoms with Crippen molar-refractivity contribution in [2.24, 2.45) is 0 Å². The van der Waals surface area contributed by atoms with Crippen molar-refractivity contribution < 1.29 is 20.4 Å². The van der Waals surface area contributed by atoms with Crippen LogP contribution in [-0.2, 0) is 5.41 Å². The van der Waals surface area contributed by atoms with Gasteiger partial charge in [0.1, 0.15) is 0 Å². The number of hydrogen-bond acceptors (Lipinski definition) is 4. The van der Waals surface area contributed by atoms with Crippen LogP contribution in [0.2, 0.25) is 0 Å². The third-order valence-electron chi connectivity index (χ3n) is 8.20.